The van der Waals surface area contributed by atoms with Crippen LogP contribution in [0.15, 0.2) is 36.0 Å². The lowest BCUT2D eigenvalue weighted by Crippen LogP contribution is -2.52. The molecule has 2 bridgehead atoms. The number of nitrogens with zero attached hydrogens (tertiary/aromatic N) is 3. The van der Waals surface area contributed by atoms with Gasteiger partial charge in [-0.05, 0) is 63.2 Å². The second-order valence-corrected chi connectivity index (χ2v) is 7.73. The second kappa shape index (κ2) is 5.69. The summed E-state index contributed by atoms with van der Waals surface area (Å²) >= 11 is 0. The smallest absolute Gasteiger partial charge is 0.129 e. The predicted octanol–water partition coefficient (Wildman–Crippen LogP) is 3.79. The van der Waals surface area contributed by atoms with E-state index in [9.17, 15) is 0 Å². The number of allylic oxidation sites excluding steroid dienone is 1. The molecule has 1 aromatic heterocycles. The number of hydrogen-bond donors (Lipinski definition) is 0. The molecule has 1 saturated carbocycles. The molecule has 0 amide bonds. The van der Waals surface area contributed by atoms with Crippen molar-refractivity contribution in [2.45, 2.75) is 39.8 Å². The van der Waals surface area contributed by atoms with Gasteiger partial charge in [0.25, 0.3) is 0 Å². The Hall–Kier alpha value is -1.35. The molecule has 3 atom stereocenters. The molecule has 0 spiro atoms. The predicted molar refractivity (Wildman–Crippen MR) is 92.8 cm³/mol. The fraction of sp³-hybridized carbons (Fsp3) is 0.632. The van der Waals surface area contributed by atoms with Crippen LogP contribution in [0.5, 0.6) is 0 Å². The third-order valence-electron chi connectivity index (χ3n) is 6.08. The molecular formula is C19H29N3. The average molecular weight is 299 g/mol. The van der Waals surface area contributed by atoms with Crippen LogP contribution in [-0.2, 0) is 0 Å². The highest BCUT2D eigenvalue weighted by Gasteiger charge is 2.51. The third-order valence-corrected chi connectivity index (χ3v) is 6.08. The molecule has 22 heavy (non-hydrogen) atoms. The minimum absolute atomic E-state index is 0.330. The molecule has 0 radical (unpaired) electrons. The van der Waals surface area contributed by atoms with Crippen LogP contribution >= 0.6 is 0 Å². The highest BCUT2D eigenvalue weighted by atomic mass is 15.3. The van der Waals surface area contributed by atoms with Gasteiger partial charge in [0.2, 0.25) is 0 Å². The molecular weight excluding hydrogens is 270 g/mol. The van der Waals surface area contributed by atoms with Crippen LogP contribution in [0, 0.1) is 17.3 Å². The molecule has 0 aromatic carbocycles. The van der Waals surface area contributed by atoms with Crippen molar-refractivity contribution in [2.75, 3.05) is 25.5 Å². The molecule has 3 unspecified atom stereocenters. The maximum absolute atomic E-state index is 4.59. The molecule has 0 aliphatic heterocycles. The molecule has 3 aliphatic carbocycles. The first-order valence-electron chi connectivity index (χ1n) is 8.44. The van der Waals surface area contributed by atoms with E-state index in [-0.39, 0.29) is 0 Å². The van der Waals surface area contributed by atoms with Gasteiger partial charge in [0, 0.05) is 12.7 Å². The number of anilines is 1. The standard InChI is InChI=1S/C19H29N3/c1-14(21(4)5)22(18-8-6-7-11-20-18)13-15-9-10-16-12-17(15)19(16,2)3/h6-9,11,14,16-17H,10,12-13H2,1-5H3. The monoisotopic (exact) mass is 299 g/mol. The summed E-state index contributed by atoms with van der Waals surface area (Å²) in [6.45, 7) is 8.14. The van der Waals surface area contributed by atoms with Gasteiger partial charge in [0.1, 0.15) is 5.82 Å². The van der Waals surface area contributed by atoms with Crippen molar-refractivity contribution in [1.82, 2.24) is 9.88 Å². The van der Waals surface area contributed by atoms with Gasteiger partial charge in [-0.3, -0.25) is 4.90 Å². The van der Waals surface area contributed by atoms with Gasteiger partial charge in [-0.1, -0.05) is 31.6 Å². The average Bonchev–Trinajstić information content (AvgIpc) is 2.52. The van der Waals surface area contributed by atoms with E-state index in [1.54, 1.807) is 5.57 Å². The van der Waals surface area contributed by atoms with Gasteiger partial charge in [-0.2, -0.15) is 0 Å². The van der Waals surface area contributed by atoms with Crippen LogP contribution in [0.2, 0.25) is 0 Å². The molecule has 1 fully saturated rings. The van der Waals surface area contributed by atoms with Crippen LogP contribution < -0.4 is 4.90 Å². The van der Waals surface area contributed by atoms with Crippen LogP contribution in [0.4, 0.5) is 5.82 Å². The summed E-state index contributed by atoms with van der Waals surface area (Å²) in [5.41, 5.74) is 2.10. The molecule has 0 saturated heterocycles. The zero-order chi connectivity index (χ0) is 15.9. The summed E-state index contributed by atoms with van der Waals surface area (Å²) in [4.78, 5) is 9.28. The first-order valence-corrected chi connectivity index (χ1v) is 8.44. The fourth-order valence-electron chi connectivity index (χ4n) is 4.06. The van der Waals surface area contributed by atoms with Gasteiger partial charge in [0.05, 0.1) is 6.17 Å². The Balaban J connectivity index is 1.84. The van der Waals surface area contributed by atoms with E-state index in [0.29, 0.717) is 11.6 Å². The molecule has 1 aromatic rings. The van der Waals surface area contributed by atoms with E-state index in [1.165, 1.54) is 12.8 Å². The lowest BCUT2D eigenvalue weighted by Gasteiger charge is -2.57. The van der Waals surface area contributed by atoms with E-state index >= 15 is 0 Å². The lowest BCUT2D eigenvalue weighted by atomic mass is 9.49. The van der Waals surface area contributed by atoms with Gasteiger partial charge >= 0.3 is 0 Å². The minimum Gasteiger partial charge on any atom is -0.337 e. The SMILES string of the molecule is CC(N(C)C)N(CC1=CCC2CC1C2(C)C)c1ccccn1. The first kappa shape index (κ1) is 15.5. The highest BCUT2D eigenvalue weighted by Crippen LogP contribution is 2.59. The number of aromatic nitrogens is 1. The Kier molecular flexibility index (Phi) is 4.02. The first-order chi connectivity index (χ1) is 10.4. The van der Waals surface area contributed by atoms with Crippen LogP contribution in [0.25, 0.3) is 0 Å². The zero-order valence-electron chi connectivity index (χ0n) is 14.6. The van der Waals surface area contributed by atoms with Crippen LogP contribution in [-0.4, -0.2) is 36.7 Å². The summed E-state index contributed by atoms with van der Waals surface area (Å²) in [5.74, 6) is 2.73. The lowest BCUT2D eigenvalue weighted by molar-refractivity contribution is -0.00715. The summed E-state index contributed by atoms with van der Waals surface area (Å²) in [6.07, 6.45) is 7.36. The fourth-order valence-corrected chi connectivity index (χ4v) is 4.06. The van der Waals surface area contributed by atoms with E-state index in [1.807, 2.05) is 12.3 Å². The van der Waals surface area contributed by atoms with Crippen molar-refractivity contribution >= 4 is 5.82 Å². The van der Waals surface area contributed by atoms with E-state index in [2.05, 4.69) is 67.9 Å². The van der Waals surface area contributed by atoms with Crippen molar-refractivity contribution in [3.8, 4) is 0 Å². The van der Waals surface area contributed by atoms with Crippen molar-refractivity contribution in [3.63, 3.8) is 0 Å². The number of hydrogen-bond acceptors (Lipinski definition) is 3. The van der Waals surface area contributed by atoms with Crippen LogP contribution in [0.3, 0.4) is 0 Å². The van der Waals surface area contributed by atoms with Crippen LogP contribution in [0.1, 0.15) is 33.6 Å². The molecule has 3 nitrogen and oxygen atoms in total. The second-order valence-electron chi connectivity index (χ2n) is 7.73. The van der Waals surface area contributed by atoms with Gasteiger partial charge in [0.15, 0.2) is 0 Å². The zero-order valence-corrected chi connectivity index (χ0v) is 14.6. The molecule has 4 rings (SSSR count). The Morgan fingerprint density at radius 1 is 1.32 bits per heavy atom. The Bertz CT molecular complexity index is 547. The Morgan fingerprint density at radius 2 is 2.09 bits per heavy atom. The quantitative estimate of drug-likeness (QED) is 0.609. The van der Waals surface area contributed by atoms with E-state index in [0.717, 1.165) is 24.2 Å². The number of rotatable bonds is 5. The Morgan fingerprint density at radius 3 is 2.64 bits per heavy atom. The molecule has 3 aliphatic rings. The summed E-state index contributed by atoms with van der Waals surface area (Å²) < 4.78 is 0. The largest absolute Gasteiger partial charge is 0.337 e. The molecule has 3 heteroatoms. The number of pyridine rings is 1. The molecule has 1 heterocycles. The van der Waals surface area contributed by atoms with E-state index < -0.39 is 0 Å². The van der Waals surface area contributed by atoms with E-state index in [4.69, 9.17) is 0 Å². The van der Waals surface area contributed by atoms with Gasteiger partial charge in [-0.25, -0.2) is 4.98 Å². The van der Waals surface area contributed by atoms with Crippen molar-refractivity contribution < 1.29 is 0 Å². The highest BCUT2D eigenvalue weighted by molar-refractivity contribution is 5.42. The summed E-state index contributed by atoms with van der Waals surface area (Å²) in [6, 6.07) is 6.19. The van der Waals surface area contributed by atoms with Crippen molar-refractivity contribution in [3.05, 3.63) is 36.0 Å². The minimum atomic E-state index is 0.330. The van der Waals surface area contributed by atoms with Crippen molar-refractivity contribution in [1.29, 1.82) is 0 Å². The molecule has 120 valence electrons. The third kappa shape index (κ3) is 2.56. The topological polar surface area (TPSA) is 19.4 Å². The maximum Gasteiger partial charge on any atom is 0.129 e. The summed E-state index contributed by atoms with van der Waals surface area (Å²) in [7, 11) is 4.28. The normalized spacial score (nSPS) is 27.1. The maximum atomic E-state index is 4.59. The van der Waals surface area contributed by atoms with Gasteiger partial charge in [-0.15, -0.1) is 0 Å². The van der Waals surface area contributed by atoms with Gasteiger partial charge < -0.3 is 4.90 Å². The Labute approximate surface area is 135 Å². The van der Waals surface area contributed by atoms with Crippen molar-refractivity contribution in [2.24, 2.45) is 17.3 Å². The summed E-state index contributed by atoms with van der Waals surface area (Å²) in [5, 5.41) is 0. The number of fused-ring (bicyclic) bond motifs is 1. The molecule has 0 N–H and O–H groups in total.